The van der Waals surface area contributed by atoms with Gasteiger partial charge in [0.2, 0.25) is 5.91 Å². The fourth-order valence-electron chi connectivity index (χ4n) is 1.91. The first-order chi connectivity index (χ1) is 9.81. The van der Waals surface area contributed by atoms with Crippen LogP contribution in [0.25, 0.3) is 0 Å². The molecule has 2 aromatic heterocycles. The highest BCUT2D eigenvalue weighted by Gasteiger charge is 2.24. The van der Waals surface area contributed by atoms with Gasteiger partial charge in [0.1, 0.15) is 12.1 Å². The summed E-state index contributed by atoms with van der Waals surface area (Å²) in [5.41, 5.74) is 0.470. The minimum atomic E-state index is -1.11. The zero-order chi connectivity index (χ0) is 15.6. The quantitative estimate of drug-likeness (QED) is 0.877. The molecule has 0 spiro atoms. The number of rotatable bonds is 5. The normalized spacial score (nSPS) is 13.9. The Bertz CT molecular complexity index is 684. The topological polar surface area (TPSA) is 71.3 Å². The van der Waals surface area contributed by atoms with E-state index in [0.717, 1.165) is 27.5 Å². The summed E-state index contributed by atoms with van der Waals surface area (Å²) in [6, 6.07) is 1.83. The Morgan fingerprint density at radius 2 is 2.19 bits per heavy atom. The molecule has 1 unspecified atom stereocenters. The van der Waals surface area contributed by atoms with Crippen LogP contribution in [0.5, 0.6) is 0 Å². The number of hydrogen-bond donors (Lipinski definition) is 2. The van der Waals surface area contributed by atoms with E-state index in [1.807, 2.05) is 30.7 Å². The monoisotopic (exact) mass is 326 g/mol. The summed E-state index contributed by atoms with van der Waals surface area (Å²) in [7, 11) is 0. The van der Waals surface area contributed by atoms with Gasteiger partial charge < -0.3 is 10.4 Å². The molecule has 0 aliphatic carbocycles. The molecule has 2 rings (SSSR count). The number of nitrogens with zero attached hydrogens (tertiary/aromatic N) is 1. The molecule has 0 aromatic carbocycles. The van der Waals surface area contributed by atoms with Crippen molar-refractivity contribution in [3.05, 3.63) is 42.6 Å². The molecule has 5 nitrogen and oxygen atoms in total. The van der Waals surface area contributed by atoms with E-state index >= 15 is 0 Å². The fourth-order valence-corrected chi connectivity index (χ4v) is 3.53. The van der Waals surface area contributed by atoms with Crippen LogP contribution in [-0.4, -0.2) is 22.1 Å². The zero-order valence-electron chi connectivity index (χ0n) is 12.2. The summed E-state index contributed by atoms with van der Waals surface area (Å²) in [6.07, 6.45) is 0. The summed E-state index contributed by atoms with van der Waals surface area (Å²) in [5.74, 6) is -0.284. The maximum atomic E-state index is 12.0. The highest BCUT2D eigenvalue weighted by molar-refractivity contribution is 7.09. The van der Waals surface area contributed by atoms with Crippen molar-refractivity contribution in [2.24, 2.45) is 0 Å². The number of carbonyl (C=O) groups is 1. The van der Waals surface area contributed by atoms with Crippen LogP contribution in [-0.2, 0) is 16.9 Å². The molecule has 0 aliphatic rings. The molecular formula is C14H18N2O3S2. The fraction of sp³-hybridized carbons (Fsp3) is 0.429. The van der Waals surface area contributed by atoms with Gasteiger partial charge in [-0.1, -0.05) is 11.3 Å². The second-order valence-electron chi connectivity index (χ2n) is 5.16. The Kier molecular flexibility index (Phi) is 4.65. The number of nitrogens with one attached hydrogen (secondary N) is 1. The second kappa shape index (κ2) is 6.13. The molecule has 0 saturated heterocycles. The predicted octanol–water partition coefficient (Wildman–Crippen LogP) is 1.61. The molecule has 1 atom stereocenters. The first kappa shape index (κ1) is 15.9. The summed E-state index contributed by atoms with van der Waals surface area (Å²) >= 11 is 2.63. The molecule has 0 saturated carbocycles. The lowest BCUT2D eigenvalue weighted by Gasteiger charge is -2.22. The van der Waals surface area contributed by atoms with E-state index in [0.29, 0.717) is 0 Å². The van der Waals surface area contributed by atoms with E-state index in [1.54, 1.807) is 6.92 Å². The molecule has 0 radical (unpaired) electrons. The maximum absolute atomic E-state index is 12.0. The van der Waals surface area contributed by atoms with E-state index in [4.69, 9.17) is 0 Å². The lowest BCUT2D eigenvalue weighted by atomic mass is 9.99. The van der Waals surface area contributed by atoms with Crippen LogP contribution in [0.3, 0.4) is 0 Å². The molecule has 114 valence electrons. The van der Waals surface area contributed by atoms with E-state index in [2.05, 4.69) is 5.32 Å². The number of aliphatic hydroxyl groups is 1. The van der Waals surface area contributed by atoms with Gasteiger partial charge in [-0.3, -0.25) is 14.2 Å². The standard InChI is InChI=1S/C14H18N2O3S2/c1-9-10(2)21-13(18)16(9)6-12(17)15-8-14(3,19)11-4-5-20-7-11/h4-5,7,19H,6,8H2,1-3H3,(H,15,17). The van der Waals surface area contributed by atoms with Gasteiger partial charge in [-0.15, -0.1) is 0 Å². The van der Waals surface area contributed by atoms with Gasteiger partial charge in [0, 0.05) is 10.6 Å². The predicted molar refractivity (Wildman–Crippen MR) is 85.0 cm³/mol. The average molecular weight is 326 g/mol. The van der Waals surface area contributed by atoms with Gasteiger partial charge in [0.05, 0.1) is 6.54 Å². The van der Waals surface area contributed by atoms with Crippen molar-refractivity contribution in [1.29, 1.82) is 0 Å². The molecule has 2 N–H and O–H groups in total. The van der Waals surface area contributed by atoms with Crippen molar-refractivity contribution >= 4 is 28.6 Å². The first-order valence-corrected chi connectivity index (χ1v) is 8.26. The van der Waals surface area contributed by atoms with Crippen LogP contribution in [0.1, 0.15) is 23.1 Å². The Labute approximate surface area is 130 Å². The van der Waals surface area contributed by atoms with Crippen LogP contribution >= 0.6 is 22.7 Å². The van der Waals surface area contributed by atoms with Crippen molar-refractivity contribution in [3.63, 3.8) is 0 Å². The lowest BCUT2D eigenvalue weighted by Crippen LogP contribution is -2.40. The summed E-state index contributed by atoms with van der Waals surface area (Å²) in [6.45, 7) is 5.43. The number of aryl methyl sites for hydroxylation is 1. The number of thiophene rings is 1. The molecule has 7 heteroatoms. The number of carbonyl (C=O) groups excluding carboxylic acids is 1. The summed E-state index contributed by atoms with van der Waals surface area (Å²) < 4.78 is 1.45. The zero-order valence-corrected chi connectivity index (χ0v) is 13.8. The van der Waals surface area contributed by atoms with Crippen molar-refractivity contribution in [2.75, 3.05) is 6.54 Å². The SMILES string of the molecule is Cc1sc(=O)n(CC(=O)NCC(C)(O)c2ccsc2)c1C. The lowest BCUT2D eigenvalue weighted by molar-refractivity contribution is -0.122. The Balaban J connectivity index is 1.98. The van der Waals surface area contributed by atoms with E-state index in [1.165, 1.54) is 15.9 Å². The van der Waals surface area contributed by atoms with Gasteiger partial charge in [-0.25, -0.2) is 0 Å². The van der Waals surface area contributed by atoms with E-state index < -0.39 is 5.60 Å². The molecule has 0 fully saturated rings. The number of aromatic nitrogens is 1. The molecule has 2 aromatic rings. The van der Waals surface area contributed by atoms with Crippen molar-refractivity contribution < 1.29 is 9.90 Å². The van der Waals surface area contributed by atoms with Crippen LogP contribution in [0.15, 0.2) is 21.6 Å². The molecule has 1 amide bonds. The summed E-state index contributed by atoms with van der Waals surface area (Å²) in [4.78, 5) is 24.5. The van der Waals surface area contributed by atoms with Crippen molar-refractivity contribution in [1.82, 2.24) is 9.88 Å². The second-order valence-corrected chi connectivity index (χ2v) is 7.10. The molecule has 2 heterocycles. The average Bonchev–Trinajstić information content (AvgIpc) is 3.02. The maximum Gasteiger partial charge on any atom is 0.308 e. The highest BCUT2D eigenvalue weighted by Crippen LogP contribution is 2.21. The highest BCUT2D eigenvalue weighted by atomic mass is 32.1. The smallest absolute Gasteiger partial charge is 0.308 e. The van der Waals surface area contributed by atoms with E-state index in [9.17, 15) is 14.7 Å². The molecule has 0 bridgehead atoms. The number of thiazole rings is 1. The first-order valence-electron chi connectivity index (χ1n) is 6.50. The van der Waals surface area contributed by atoms with Crippen LogP contribution in [0, 0.1) is 13.8 Å². The van der Waals surface area contributed by atoms with Crippen molar-refractivity contribution in [2.45, 2.75) is 32.9 Å². The third-order valence-electron chi connectivity index (χ3n) is 3.45. The van der Waals surface area contributed by atoms with Gasteiger partial charge in [0.25, 0.3) is 0 Å². The largest absolute Gasteiger partial charge is 0.384 e. The van der Waals surface area contributed by atoms with Crippen LogP contribution < -0.4 is 10.2 Å². The summed E-state index contributed by atoms with van der Waals surface area (Å²) in [5, 5.41) is 16.7. The minimum Gasteiger partial charge on any atom is -0.384 e. The van der Waals surface area contributed by atoms with Crippen LogP contribution in [0.4, 0.5) is 0 Å². The third-order valence-corrected chi connectivity index (χ3v) is 5.13. The van der Waals surface area contributed by atoms with Gasteiger partial charge in [-0.2, -0.15) is 11.3 Å². The van der Waals surface area contributed by atoms with Crippen molar-refractivity contribution in [3.8, 4) is 0 Å². The number of hydrogen-bond acceptors (Lipinski definition) is 5. The Morgan fingerprint density at radius 1 is 1.48 bits per heavy atom. The Morgan fingerprint density at radius 3 is 2.71 bits per heavy atom. The van der Waals surface area contributed by atoms with Crippen LogP contribution in [0.2, 0.25) is 0 Å². The minimum absolute atomic E-state index is 0.0191. The van der Waals surface area contributed by atoms with Gasteiger partial charge in [0.15, 0.2) is 0 Å². The van der Waals surface area contributed by atoms with Gasteiger partial charge >= 0.3 is 4.87 Å². The molecule has 0 aliphatic heterocycles. The Hall–Kier alpha value is -1.44. The van der Waals surface area contributed by atoms with Gasteiger partial charge in [-0.05, 0) is 43.2 Å². The third kappa shape index (κ3) is 3.61. The molecular weight excluding hydrogens is 308 g/mol. The molecule has 21 heavy (non-hydrogen) atoms. The number of amides is 1. The van der Waals surface area contributed by atoms with E-state index in [-0.39, 0.29) is 23.9 Å².